The van der Waals surface area contributed by atoms with Gasteiger partial charge in [-0.2, -0.15) is 5.10 Å². The minimum atomic E-state index is -1.32. The first-order valence-corrected chi connectivity index (χ1v) is 15.3. The van der Waals surface area contributed by atoms with Crippen molar-refractivity contribution in [1.82, 2.24) is 14.5 Å². The van der Waals surface area contributed by atoms with E-state index in [2.05, 4.69) is 9.80 Å². The molecular weight excluding hydrogens is 592 g/mol. The molecule has 13 heteroatoms. The van der Waals surface area contributed by atoms with Crippen LogP contribution in [0.5, 0.6) is 5.75 Å². The molecule has 1 fully saturated rings. The highest BCUT2D eigenvalue weighted by atomic mass is 32.1. The Morgan fingerprint density at radius 3 is 2.53 bits per heavy atom. The zero-order valence-corrected chi connectivity index (χ0v) is 25.4. The standard InChI is InChI=1S/C30H31FN6O4S2/c1-3-34-17-22(29(39)40)27(38)21-15-23(31)25(16-24(21)34)35-12-10-33(11-13-35)18-36-30(42)37(19-6-8-20(41-2)9-7-19)28(32-36)26-5-4-14-43-26/h4-9,14-17,30,42H,3,10-13,18H2,1-2H3,(H,39,40). The molecule has 0 amide bonds. The number of pyridine rings is 1. The number of hydrogen-bond acceptors (Lipinski definition) is 10. The van der Waals surface area contributed by atoms with Gasteiger partial charge < -0.3 is 19.3 Å². The first kappa shape index (κ1) is 29.0. The lowest BCUT2D eigenvalue weighted by molar-refractivity contribution is 0.0695. The van der Waals surface area contributed by atoms with E-state index in [9.17, 15) is 14.7 Å². The van der Waals surface area contributed by atoms with Gasteiger partial charge >= 0.3 is 5.97 Å². The van der Waals surface area contributed by atoms with Crippen molar-refractivity contribution in [2.45, 2.75) is 19.0 Å². The lowest BCUT2D eigenvalue weighted by atomic mass is 10.1. The van der Waals surface area contributed by atoms with Gasteiger partial charge in [0.25, 0.3) is 0 Å². The number of thiol groups is 1. The maximum Gasteiger partial charge on any atom is 0.341 e. The van der Waals surface area contributed by atoms with Crippen LogP contribution in [0.15, 0.2) is 70.0 Å². The van der Waals surface area contributed by atoms with Crippen LogP contribution in [-0.2, 0) is 6.54 Å². The van der Waals surface area contributed by atoms with E-state index in [4.69, 9.17) is 22.5 Å². The number of fused-ring (bicyclic) bond motifs is 1. The molecule has 1 unspecified atom stereocenters. The zero-order chi connectivity index (χ0) is 30.2. The van der Waals surface area contributed by atoms with Gasteiger partial charge in [-0.1, -0.05) is 6.07 Å². The molecule has 0 aliphatic carbocycles. The molecule has 2 aromatic heterocycles. The summed E-state index contributed by atoms with van der Waals surface area (Å²) in [4.78, 5) is 31.7. The normalized spacial score (nSPS) is 17.5. The Labute approximate surface area is 257 Å². The smallest absolute Gasteiger partial charge is 0.341 e. The van der Waals surface area contributed by atoms with E-state index in [1.807, 2.05) is 58.6 Å². The molecule has 0 radical (unpaired) electrons. The van der Waals surface area contributed by atoms with Crippen LogP contribution in [0.4, 0.5) is 15.8 Å². The summed E-state index contributed by atoms with van der Waals surface area (Å²) in [7, 11) is 1.64. The number of halogens is 1. The van der Waals surface area contributed by atoms with E-state index in [1.54, 1.807) is 29.1 Å². The quantitative estimate of drug-likeness (QED) is 0.280. The van der Waals surface area contributed by atoms with E-state index in [0.717, 1.165) is 22.1 Å². The van der Waals surface area contributed by atoms with Crippen LogP contribution in [0, 0.1) is 5.82 Å². The van der Waals surface area contributed by atoms with Gasteiger partial charge in [0.1, 0.15) is 17.1 Å². The minimum absolute atomic E-state index is 0.0660. The third kappa shape index (κ3) is 5.43. The Hall–Kier alpha value is -4.07. The molecule has 4 aromatic rings. The van der Waals surface area contributed by atoms with E-state index in [1.165, 1.54) is 12.3 Å². The summed E-state index contributed by atoms with van der Waals surface area (Å²) in [5.41, 5.74) is 0.487. The number of aryl methyl sites for hydroxylation is 1. The summed E-state index contributed by atoms with van der Waals surface area (Å²) in [6, 6.07) is 14.7. The van der Waals surface area contributed by atoms with E-state index in [-0.39, 0.29) is 16.4 Å². The van der Waals surface area contributed by atoms with Crippen molar-refractivity contribution in [2.75, 3.05) is 49.8 Å². The minimum Gasteiger partial charge on any atom is -0.497 e. The van der Waals surface area contributed by atoms with Gasteiger partial charge in [0.05, 0.1) is 29.9 Å². The van der Waals surface area contributed by atoms with Crippen molar-refractivity contribution in [3.05, 3.63) is 86.6 Å². The SMILES string of the molecule is CCn1cc(C(=O)O)c(=O)c2cc(F)c(N3CCN(CN4N=C(c5cccs5)N(c5ccc(OC)cc5)C4S)CC3)cc21. The molecule has 1 N–H and O–H groups in total. The highest BCUT2D eigenvalue weighted by Gasteiger charge is 2.35. The summed E-state index contributed by atoms with van der Waals surface area (Å²) in [6.07, 6.45) is 1.33. The van der Waals surface area contributed by atoms with Gasteiger partial charge in [-0.25, -0.2) is 14.2 Å². The van der Waals surface area contributed by atoms with Crippen molar-refractivity contribution < 1.29 is 19.0 Å². The Morgan fingerprint density at radius 2 is 1.91 bits per heavy atom. The van der Waals surface area contributed by atoms with Crippen LogP contribution in [0.25, 0.3) is 10.9 Å². The number of thiophene rings is 1. The number of carboxylic acids is 1. The molecule has 2 aliphatic rings. The number of carbonyl (C=O) groups is 1. The number of aromatic carboxylic acids is 1. The molecule has 2 aliphatic heterocycles. The first-order chi connectivity index (χ1) is 20.8. The van der Waals surface area contributed by atoms with E-state index < -0.39 is 17.2 Å². The Morgan fingerprint density at radius 1 is 1.16 bits per heavy atom. The van der Waals surface area contributed by atoms with Gasteiger partial charge in [-0.3, -0.25) is 14.6 Å². The Kier molecular flexibility index (Phi) is 8.03. The van der Waals surface area contributed by atoms with Crippen LogP contribution in [-0.4, -0.2) is 76.8 Å². The second-order valence-corrected chi connectivity index (χ2v) is 11.7. The number of anilines is 2. The second kappa shape index (κ2) is 11.9. The average molecular weight is 623 g/mol. The van der Waals surface area contributed by atoms with E-state index >= 15 is 4.39 Å². The molecule has 43 heavy (non-hydrogen) atoms. The van der Waals surface area contributed by atoms with Crippen molar-refractivity contribution in [3.63, 3.8) is 0 Å². The van der Waals surface area contributed by atoms with Gasteiger partial charge in [-0.15, -0.1) is 24.0 Å². The fourth-order valence-corrected chi connectivity index (χ4v) is 6.60. The largest absolute Gasteiger partial charge is 0.497 e. The molecule has 0 spiro atoms. The zero-order valence-electron chi connectivity index (χ0n) is 23.7. The number of ether oxygens (including phenoxy) is 1. The fraction of sp³-hybridized carbons (Fsp3) is 0.300. The van der Waals surface area contributed by atoms with Gasteiger partial charge in [0.2, 0.25) is 5.43 Å². The Bertz CT molecular complexity index is 1740. The van der Waals surface area contributed by atoms with Crippen molar-refractivity contribution in [1.29, 1.82) is 0 Å². The van der Waals surface area contributed by atoms with Gasteiger partial charge in [-0.05, 0) is 54.8 Å². The molecule has 224 valence electrons. The molecular formula is C30H31FN6O4S2. The number of rotatable bonds is 8. The molecule has 6 rings (SSSR count). The molecule has 1 saturated heterocycles. The second-order valence-electron chi connectivity index (χ2n) is 10.3. The number of hydrogen-bond donors (Lipinski definition) is 2. The maximum absolute atomic E-state index is 15.4. The monoisotopic (exact) mass is 622 g/mol. The summed E-state index contributed by atoms with van der Waals surface area (Å²) in [5, 5.41) is 18.4. The highest BCUT2D eigenvalue weighted by molar-refractivity contribution is 7.81. The van der Waals surface area contributed by atoms with Gasteiger partial charge in [0, 0.05) is 50.0 Å². The van der Waals surface area contributed by atoms with Crippen molar-refractivity contribution in [3.8, 4) is 5.75 Å². The predicted molar refractivity (Wildman–Crippen MR) is 170 cm³/mol. The molecule has 4 heterocycles. The van der Waals surface area contributed by atoms with Gasteiger partial charge in [0.15, 0.2) is 11.3 Å². The predicted octanol–water partition coefficient (Wildman–Crippen LogP) is 4.41. The molecule has 1 atom stereocenters. The summed E-state index contributed by atoms with van der Waals surface area (Å²) in [5.74, 6) is -0.271. The first-order valence-electron chi connectivity index (χ1n) is 13.9. The average Bonchev–Trinajstić information content (AvgIpc) is 3.66. The van der Waals surface area contributed by atoms with Crippen LogP contribution in [0.1, 0.15) is 22.2 Å². The number of aromatic nitrogens is 1. The van der Waals surface area contributed by atoms with Crippen molar-refractivity contribution in [2.24, 2.45) is 5.10 Å². The van der Waals surface area contributed by atoms with Crippen LogP contribution in [0.2, 0.25) is 0 Å². The maximum atomic E-state index is 15.4. The summed E-state index contributed by atoms with van der Waals surface area (Å²) < 4.78 is 22.4. The number of carboxylic acid groups (broad SMARTS) is 1. The number of nitrogens with zero attached hydrogens (tertiary/aromatic N) is 6. The summed E-state index contributed by atoms with van der Waals surface area (Å²) in [6.45, 7) is 5.31. The molecule has 2 aromatic carbocycles. The van der Waals surface area contributed by atoms with Crippen LogP contribution < -0.4 is 20.0 Å². The fourth-order valence-electron chi connectivity index (χ4n) is 5.53. The van der Waals surface area contributed by atoms with Crippen LogP contribution in [0.3, 0.4) is 0 Å². The van der Waals surface area contributed by atoms with E-state index in [0.29, 0.717) is 50.6 Å². The topological polar surface area (TPSA) is 93.8 Å². The Balaban J connectivity index is 1.19. The lowest BCUT2D eigenvalue weighted by Gasteiger charge is -2.38. The highest BCUT2D eigenvalue weighted by Crippen LogP contribution is 2.33. The lowest BCUT2D eigenvalue weighted by Crippen LogP contribution is -2.51. The summed E-state index contributed by atoms with van der Waals surface area (Å²) >= 11 is 6.58. The molecule has 10 nitrogen and oxygen atoms in total. The number of methoxy groups -OCH3 is 1. The number of benzene rings is 2. The molecule has 0 bridgehead atoms. The van der Waals surface area contributed by atoms with Crippen LogP contribution >= 0.6 is 24.0 Å². The third-order valence-electron chi connectivity index (χ3n) is 7.82. The van der Waals surface area contributed by atoms with Crippen molar-refractivity contribution >= 4 is 58.0 Å². The molecule has 0 saturated carbocycles. The number of piperazine rings is 1. The number of hydrazone groups is 1. The number of amidine groups is 1. The third-order valence-corrected chi connectivity index (χ3v) is 9.18.